The molecule has 1 amide bonds. The quantitative estimate of drug-likeness (QED) is 0.825. The van der Waals surface area contributed by atoms with Crippen molar-refractivity contribution in [3.8, 4) is 0 Å². The van der Waals surface area contributed by atoms with E-state index in [9.17, 15) is 17.6 Å². The van der Waals surface area contributed by atoms with E-state index >= 15 is 0 Å². The molecule has 3 N–H and O–H groups in total. The normalized spacial score (nSPS) is 19.8. The first kappa shape index (κ1) is 13.8. The Morgan fingerprint density at radius 2 is 2.16 bits per heavy atom. The van der Waals surface area contributed by atoms with Crippen LogP contribution in [0.5, 0.6) is 0 Å². The lowest BCUT2D eigenvalue weighted by Crippen LogP contribution is -2.31. The fraction of sp³-hybridized carbons (Fsp3) is 0.364. The van der Waals surface area contributed by atoms with Crippen molar-refractivity contribution in [1.29, 1.82) is 0 Å². The van der Waals surface area contributed by atoms with E-state index in [4.69, 9.17) is 5.14 Å². The summed E-state index contributed by atoms with van der Waals surface area (Å²) in [5.74, 6) is -0.871. The summed E-state index contributed by atoms with van der Waals surface area (Å²) in [7, 11) is -2.26. The summed E-state index contributed by atoms with van der Waals surface area (Å²) in [6.45, 7) is 0.605. The molecule has 1 saturated heterocycles. The number of anilines is 1. The van der Waals surface area contributed by atoms with Gasteiger partial charge in [0.15, 0.2) is 0 Å². The number of likely N-dealkylation sites (N-methyl/N-ethyl adjacent to an activating group) is 1. The third-order valence-electron chi connectivity index (χ3n) is 3.03. The molecule has 6 nitrogen and oxygen atoms in total. The standard InChI is InChI=1S/C11H14FN3O3S/c1-15-5-4-10(11(15)16)14-9-3-2-7(6-8(9)12)19(13,17)18/h2-3,6,10,14H,4-5H2,1H3,(H2,13,17,18). The van der Waals surface area contributed by atoms with Crippen LogP contribution in [0.4, 0.5) is 10.1 Å². The Morgan fingerprint density at radius 1 is 1.47 bits per heavy atom. The van der Waals surface area contributed by atoms with Gasteiger partial charge >= 0.3 is 0 Å². The highest BCUT2D eigenvalue weighted by Crippen LogP contribution is 2.21. The SMILES string of the molecule is CN1CCC(Nc2ccc(S(N)(=O)=O)cc2F)C1=O. The van der Waals surface area contributed by atoms with Crippen molar-refractivity contribution in [2.45, 2.75) is 17.4 Å². The van der Waals surface area contributed by atoms with Crippen LogP contribution in [-0.4, -0.2) is 38.9 Å². The Bertz CT molecular complexity index is 618. The number of sulfonamides is 1. The van der Waals surface area contributed by atoms with Crippen LogP contribution in [0.1, 0.15) is 6.42 Å². The van der Waals surface area contributed by atoms with Gasteiger partial charge in [0, 0.05) is 13.6 Å². The van der Waals surface area contributed by atoms with E-state index in [1.165, 1.54) is 12.1 Å². The largest absolute Gasteiger partial charge is 0.371 e. The summed E-state index contributed by atoms with van der Waals surface area (Å²) >= 11 is 0. The van der Waals surface area contributed by atoms with Gasteiger partial charge in [-0.3, -0.25) is 4.79 Å². The van der Waals surface area contributed by atoms with Crippen molar-refractivity contribution in [2.75, 3.05) is 18.9 Å². The van der Waals surface area contributed by atoms with Gasteiger partial charge < -0.3 is 10.2 Å². The van der Waals surface area contributed by atoms with Crippen molar-refractivity contribution in [3.05, 3.63) is 24.0 Å². The molecule has 0 aliphatic carbocycles. The fourth-order valence-electron chi connectivity index (χ4n) is 1.93. The number of nitrogens with two attached hydrogens (primary N) is 1. The van der Waals surface area contributed by atoms with Gasteiger partial charge in [0.1, 0.15) is 11.9 Å². The van der Waals surface area contributed by atoms with Gasteiger partial charge in [-0.25, -0.2) is 17.9 Å². The minimum absolute atomic E-state index is 0.0843. The van der Waals surface area contributed by atoms with Crippen molar-refractivity contribution in [1.82, 2.24) is 4.90 Å². The average Bonchev–Trinajstić information content (AvgIpc) is 2.62. The number of nitrogens with one attached hydrogen (secondary N) is 1. The van der Waals surface area contributed by atoms with Gasteiger partial charge in [-0.1, -0.05) is 0 Å². The molecule has 1 aromatic rings. The second kappa shape index (κ2) is 4.78. The second-order valence-corrected chi connectivity index (χ2v) is 5.99. The molecule has 1 aromatic carbocycles. The fourth-order valence-corrected chi connectivity index (χ4v) is 2.46. The van der Waals surface area contributed by atoms with Gasteiger partial charge in [0.2, 0.25) is 15.9 Å². The van der Waals surface area contributed by atoms with Crippen LogP contribution in [0.2, 0.25) is 0 Å². The van der Waals surface area contributed by atoms with Crippen LogP contribution in [0.15, 0.2) is 23.1 Å². The van der Waals surface area contributed by atoms with Crippen molar-refractivity contribution >= 4 is 21.6 Å². The maximum atomic E-state index is 13.8. The van der Waals surface area contributed by atoms with Crippen LogP contribution < -0.4 is 10.5 Å². The Morgan fingerprint density at radius 3 is 2.63 bits per heavy atom. The number of carbonyl (C=O) groups is 1. The lowest BCUT2D eigenvalue weighted by molar-refractivity contribution is -0.127. The first-order valence-corrected chi connectivity index (χ1v) is 7.17. The zero-order valence-corrected chi connectivity index (χ0v) is 11.1. The number of amides is 1. The molecule has 0 spiro atoms. The van der Waals surface area contributed by atoms with Gasteiger partial charge in [0.05, 0.1) is 10.6 Å². The van der Waals surface area contributed by atoms with E-state index in [1.807, 2.05) is 0 Å². The van der Waals surface area contributed by atoms with Crippen molar-refractivity contribution in [2.24, 2.45) is 5.14 Å². The molecule has 1 unspecified atom stereocenters. The third-order valence-corrected chi connectivity index (χ3v) is 3.94. The highest BCUT2D eigenvalue weighted by atomic mass is 32.2. The molecule has 0 aromatic heterocycles. The smallest absolute Gasteiger partial charge is 0.244 e. The van der Waals surface area contributed by atoms with E-state index < -0.39 is 21.9 Å². The summed E-state index contributed by atoms with van der Waals surface area (Å²) in [4.78, 5) is 12.9. The Labute approximate surface area is 110 Å². The lowest BCUT2D eigenvalue weighted by Gasteiger charge is -2.14. The van der Waals surface area contributed by atoms with Crippen molar-refractivity contribution in [3.63, 3.8) is 0 Å². The Balaban J connectivity index is 2.21. The maximum absolute atomic E-state index is 13.8. The number of hydrogen-bond donors (Lipinski definition) is 2. The molecule has 19 heavy (non-hydrogen) atoms. The number of likely N-dealkylation sites (tertiary alicyclic amines) is 1. The first-order chi connectivity index (χ1) is 8.79. The number of rotatable bonds is 3. The predicted octanol–water partition coefficient (Wildman–Crippen LogP) is 0.116. The minimum Gasteiger partial charge on any atom is -0.371 e. The lowest BCUT2D eigenvalue weighted by atomic mass is 10.2. The molecular formula is C11H14FN3O3S. The van der Waals surface area contributed by atoms with Crippen LogP contribution >= 0.6 is 0 Å². The summed E-state index contributed by atoms with van der Waals surface area (Å²) in [6.07, 6.45) is 0.575. The summed E-state index contributed by atoms with van der Waals surface area (Å²) in [6, 6.07) is 2.81. The third kappa shape index (κ3) is 2.85. The van der Waals surface area contributed by atoms with Crippen LogP contribution in [0, 0.1) is 5.82 Å². The molecule has 1 aliphatic heterocycles. The highest BCUT2D eigenvalue weighted by Gasteiger charge is 2.29. The molecule has 2 rings (SSSR count). The van der Waals surface area contributed by atoms with E-state index in [0.717, 1.165) is 6.07 Å². The monoisotopic (exact) mass is 287 g/mol. The van der Waals surface area contributed by atoms with E-state index in [2.05, 4.69) is 5.32 Å². The molecule has 1 aliphatic rings. The zero-order chi connectivity index (χ0) is 14.2. The van der Waals surface area contributed by atoms with Crippen LogP contribution in [0.25, 0.3) is 0 Å². The summed E-state index contributed by atoms with van der Waals surface area (Å²) in [5.41, 5.74) is 0.0843. The van der Waals surface area contributed by atoms with E-state index in [-0.39, 0.29) is 16.5 Å². The van der Waals surface area contributed by atoms with Crippen LogP contribution in [-0.2, 0) is 14.8 Å². The Kier molecular flexibility index (Phi) is 3.46. The summed E-state index contributed by atoms with van der Waals surface area (Å²) in [5, 5.41) is 7.67. The molecule has 8 heteroatoms. The molecule has 0 saturated carbocycles. The predicted molar refractivity (Wildman–Crippen MR) is 67.4 cm³/mol. The molecule has 0 bridgehead atoms. The number of benzene rings is 1. The number of primary sulfonamides is 1. The number of hydrogen-bond acceptors (Lipinski definition) is 4. The maximum Gasteiger partial charge on any atom is 0.244 e. The van der Waals surface area contributed by atoms with E-state index in [1.54, 1.807) is 11.9 Å². The molecule has 1 fully saturated rings. The van der Waals surface area contributed by atoms with Crippen LogP contribution in [0.3, 0.4) is 0 Å². The van der Waals surface area contributed by atoms with Gasteiger partial charge in [-0.05, 0) is 24.6 Å². The van der Waals surface area contributed by atoms with Gasteiger partial charge in [0.25, 0.3) is 0 Å². The molecule has 0 radical (unpaired) electrons. The highest BCUT2D eigenvalue weighted by molar-refractivity contribution is 7.89. The number of nitrogens with zero attached hydrogens (tertiary/aromatic N) is 1. The molecule has 1 atom stereocenters. The number of carbonyl (C=O) groups excluding carboxylic acids is 1. The van der Waals surface area contributed by atoms with Gasteiger partial charge in [-0.15, -0.1) is 0 Å². The molecule has 1 heterocycles. The number of halogens is 1. The van der Waals surface area contributed by atoms with Gasteiger partial charge in [-0.2, -0.15) is 0 Å². The molecular weight excluding hydrogens is 273 g/mol. The zero-order valence-electron chi connectivity index (χ0n) is 10.3. The Hall–Kier alpha value is -1.67. The first-order valence-electron chi connectivity index (χ1n) is 5.63. The second-order valence-electron chi connectivity index (χ2n) is 4.43. The minimum atomic E-state index is -3.93. The average molecular weight is 287 g/mol. The van der Waals surface area contributed by atoms with E-state index in [0.29, 0.717) is 13.0 Å². The molecule has 104 valence electrons. The topological polar surface area (TPSA) is 92.5 Å². The summed E-state index contributed by atoms with van der Waals surface area (Å²) < 4.78 is 35.9. The van der Waals surface area contributed by atoms with Crippen molar-refractivity contribution < 1.29 is 17.6 Å².